The van der Waals surface area contributed by atoms with Crippen LogP contribution < -0.4 is 10.1 Å². The Bertz CT molecular complexity index is 934. The number of hydrogen-bond acceptors (Lipinski definition) is 3. The average Bonchev–Trinajstić information content (AvgIpc) is 2.58. The van der Waals surface area contributed by atoms with Crippen LogP contribution in [0.1, 0.15) is 23.7 Å². The van der Waals surface area contributed by atoms with Gasteiger partial charge in [-0.25, -0.2) is 0 Å². The maximum absolute atomic E-state index is 12.5. The molecule has 1 atom stereocenters. The molecule has 1 amide bonds. The van der Waals surface area contributed by atoms with Crippen molar-refractivity contribution in [2.24, 2.45) is 0 Å². The minimum atomic E-state index is -0.609. The molecule has 0 spiro atoms. The van der Waals surface area contributed by atoms with Gasteiger partial charge in [-0.1, -0.05) is 24.3 Å². The second-order valence-corrected chi connectivity index (χ2v) is 6.33. The summed E-state index contributed by atoms with van der Waals surface area (Å²) in [6.07, 6.45) is -0.609. The first kappa shape index (κ1) is 17.0. The number of aromatic nitrogens is 1. The van der Waals surface area contributed by atoms with Gasteiger partial charge in [-0.2, -0.15) is 0 Å². The van der Waals surface area contributed by atoms with Crippen LogP contribution in [0.4, 0.5) is 5.69 Å². The topological polar surface area (TPSA) is 51.2 Å². The van der Waals surface area contributed by atoms with E-state index in [1.165, 1.54) is 5.56 Å². The summed E-state index contributed by atoms with van der Waals surface area (Å²) in [5, 5.41) is 3.92. The molecule has 0 saturated carbocycles. The molecule has 2 aromatic carbocycles. The number of nitrogens with one attached hydrogen (secondary N) is 1. The molecule has 0 radical (unpaired) electrons. The molecule has 0 aliphatic carbocycles. The second kappa shape index (κ2) is 6.93. The molecular formula is C21H22N2O2. The largest absolute Gasteiger partial charge is 0.481 e. The third-order valence-corrected chi connectivity index (χ3v) is 4.28. The van der Waals surface area contributed by atoms with Gasteiger partial charge in [0.25, 0.3) is 5.91 Å². The summed E-state index contributed by atoms with van der Waals surface area (Å²) in [6.45, 7) is 7.75. The number of rotatable bonds is 4. The highest BCUT2D eigenvalue weighted by Crippen LogP contribution is 2.23. The standard InChI is InChI=1S/C21H22N2O2/c1-13-8-11-18(12-14(13)2)25-16(4)21(24)23-19-7-5-6-17-10-9-15(3)22-20(17)19/h5-12,16H,1-4H3,(H,23,24)/t16-/m0/s1. The molecule has 25 heavy (non-hydrogen) atoms. The molecule has 0 aliphatic heterocycles. The molecule has 0 bridgehead atoms. The van der Waals surface area contributed by atoms with E-state index in [0.717, 1.165) is 22.2 Å². The molecule has 3 aromatic rings. The predicted octanol–water partition coefficient (Wildman–Crippen LogP) is 4.57. The summed E-state index contributed by atoms with van der Waals surface area (Å²) >= 11 is 0. The second-order valence-electron chi connectivity index (χ2n) is 6.33. The number of amides is 1. The first-order chi connectivity index (χ1) is 11.9. The molecule has 0 fully saturated rings. The number of aryl methyl sites for hydroxylation is 3. The van der Waals surface area contributed by atoms with Gasteiger partial charge in [0.05, 0.1) is 11.2 Å². The Balaban J connectivity index is 1.77. The highest BCUT2D eigenvalue weighted by atomic mass is 16.5. The Morgan fingerprint density at radius 3 is 2.60 bits per heavy atom. The van der Waals surface area contributed by atoms with Crippen molar-refractivity contribution < 1.29 is 9.53 Å². The van der Waals surface area contributed by atoms with Crippen molar-refractivity contribution in [2.45, 2.75) is 33.8 Å². The van der Waals surface area contributed by atoms with Crippen molar-refractivity contribution >= 4 is 22.5 Å². The summed E-state index contributed by atoms with van der Waals surface area (Å²) in [7, 11) is 0. The maximum atomic E-state index is 12.5. The van der Waals surface area contributed by atoms with Crippen LogP contribution in [0, 0.1) is 20.8 Å². The van der Waals surface area contributed by atoms with Gasteiger partial charge >= 0.3 is 0 Å². The Morgan fingerprint density at radius 1 is 1.04 bits per heavy atom. The van der Waals surface area contributed by atoms with Crippen LogP contribution in [-0.4, -0.2) is 17.0 Å². The van der Waals surface area contributed by atoms with Gasteiger partial charge in [0.1, 0.15) is 5.75 Å². The number of carbonyl (C=O) groups is 1. The van der Waals surface area contributed by atoms with Crippen LogP contribution in [0.2, 0.25) is 0 Å². The first-order valence-corrected chi connectivity index (χ1v) is 8.35. The summed E-state index contributed by atoms with van der Waals surface area (Å²) in [5.74, 6) is 0.492. The van der Waals surface area contributed by atoms with Gasteiger partial charge in [-0.3, -0.25) is 9.78 Å². The van der Waals surface area contributed by atoms with Gasteiger partial charge < -0.3 is 10.1 Å². The zero-order valence-corrected chi connectivity index (χ0v) is 15.0. The third-order valence-electron chi connectivity index (χ3n) is 4.28. The monoisotopic (exact) mass is 334 g/mol. The van der Waals surface area contributed by atoms with Gasteiger partial charge in [0.2, 0.25) is 0 Å². The summed E-state index contributed by atoms with van der Waals surface area (Å²) < 4.78 is 5.79. The maximum Gasteiger partial charge on any atom is 0.265 e. The fourth-order valence-corrected chi connectivity index (χ4v) is 2.62. The van der Waals surface area contributed by atoms with Crippen molar-refractivity contribution in [3.05, 3.63) is 65.4 Å². The zero-order valence-electron chi connectivity index (χ0n) is 15.0. The first-order valence-electron chi connectivity index (χ1n) is 8.35. The molecule has 0 aliphatic rings. The fraction of sp³-hybridized carbons (Fsp3) is 0.238. The fourth-order valence-electron chi connectivity index (χ4n) is 2.62. The quantitative estimate of drug-likeness (QED) is 0.760. The number of carbonyl (C=O) groups excluding carboxylic acids is 1. The number of fused-ring (bicyclic) bond motifs is 1. The van der Waals surface area contributed by atoms with E-state index < -0.39 is 6.10 Å². The molecule has 1 heterocycles. The lowest BCUT2D eigenvalue weighted by Crippen LogP contribution is -2.30. The Labute approximate surface area is 147 Å². The number of pyridine rings is 1. The van der Waals surface area contributed by atoms with E-state index in [2.05, 4.69) is 10.3 Å². The third kappa shape index (κ3) is 3.79. The lowest BCUT2D eigenvalue weighted by Gasteiger charge is -2.16. The minimum Gasteiger partial charge on any atom is -0.481 e. The Hall–Kier alpha value is -2.88. The molecule has 4 heteroatoms. The molecular weight excluding hydrogens is 312 g/mol. The van der Waals surface area contributed by atoms with Crippen molar-refractivity contribution in [3.63, 3.8) is 0 Å². The number of ether oxygens (including phenoxy) is 1. The number of benzene rings is 2. The van der Waals surface area contributed by atoms with Crippen LogP contribution in [0.25, 0.3) is 10.9 Å². The minimum absolute atomic E-state index is 0.200. The number of nitrogens with zero attached hydrogens (tertiary/aromatic N) is 1. The molecule has 4 nitrogen and oxygen atoms in total. The van der Waals surface area contributed by atoms with Crippen molar-refractivity contribution in [1.29, 1.82) is 0 Å². The number of anilines is 1. The van der Waals surface area contributed by atoms with Crippen LogP contribution in [-0.2, 0) is 4.79 Å². The molecule has 0 saturated heterocycles. The smallest absolute Gasteiger partial charge is 0.265 e. The molecule has 1 N–H and O–H groups in total. The SMILES string of the molecule is Cc1ccc2cccc(NC(=O)[C@H](C)Oc3ccc(C)c(C)c3)c2n1. The highest BCUT2D eigenvalue weighted by Gasteiger charge is 2.16. The Morgan fingerprint density at radius 2 is 1.84 bits per heavy atom. The molecule has 0 unspecified atom stereocenters. The van der Waals surface area contributed by atoms with E-state index in [9.17, 15) is 4.79 Å². The van der Waals surface area contributed by atoms with Gasteiger partial charge in [-0.05, 0) is 63.1 Å². The molecule has 128 valence electrons. The van der Waals surface area contributed by atoms with E-state index in [1.54, 1.807) is 6.92 Å². The van der Waals surface area contributed by atoms with Crippen LogP contribution in [0.5, 0.6) is 5.75 Å². The van der Waals surface area contributed by atoms with E-state index in [-0.39, 0.29) is 5.91 Å². The van der Waals surface area contributed by atoms with Gasteiger partial charge in [-0.15, -0.1) is 0 Å². The van der Waals surface area contributed by atoms with Crippen LogP contribution >= 0.6 is 0 Å². The van der Waals surface area contributed by atoms with E-state index in [1.807, 2.05) is 69.3 Å². The average molecular weight is 334 g/mol. The lowest BCUT2D eigenvalue weighted by molar-refractivity contribution is -0.122. The summed E-state index contributed by atoms with van der Waals surface area (Å²) in [4.78, 5) is 17.1. The highest BCUT2D eigenvalue weighted by molar-refractivity contribution is 6.01. The van der Waals surface area contributed by atoms with Crippen molar-refractivity contribution in [1.82, 2.24) is 4.98 Å². The van der Waals surface area contributed by atoms with Crippen LogP contribution in [0.3, 0.4) is 0 Å². The normalized spacial score (nSPS) is 12.0. The zero-order chi connectivity index (χ0) is 18.0. The van der Waals surface area contributed by atoms with Gasteiger partial charge in [0.15, 0.2) is 6.10 Å². The van der Waals surface area contributed by atoms with Gasteiger partial charge in [0, 0.05) is 11.1 Å². The number of hydrogen-bond donors (Lipinski definition) is 1. The number of para-hydroxylation sites is 1. The molecule has 3 rings (SSSR count). The van der Waals surface area contributed by atoms with E-state index in [0.29, 0.717) is 11.4 Å². The summed E-state index contributed by atoms with van der Waals surface area (Å²) in [6, 6.07) is 15.5. The summed E-state index contributed by atoms with van der Waals surface area (Å²) in [5.41, 5.74) is 4.73. The van der Waals surface area contributed by atoms with Crippen molar-refractivity contribution in [2.75, 3.05) is 5.32 Å². The Kier molecular flexibility index (Phi) is 4.70. The molecule has 1 aromatic heterocycles. The van der Waals surface area contributed by atoms with Crippen LogP contribution in [0.15, 0.2) is 48.5 Å². The van der Waals surface area contributed by atoms with Crippen molar-refractivity contribution in [3.8, 4) is 5.75 Å². The lowest BCUT2D eigenvalue weighted by atomic mass is 10.1. The van der Waals surface area contributed by atoms with E-state index >= 15 is 0 Å². The van der Waals surface area contributed by atoms with E-state index in [4.69, 9.17) is 4.74 Å². The predicted molar refractivity (Wildman–Crippen MR) is 101 cm³/mol.